The van der Waals surface area contributed by atoms with Crippen molar-refractivity contribution in [3.05, 3.63) is 57.6 Å². The third kappa shape index (κ3) is 4.32. The number of hydrogen-bond acceptors (Lipinski definition) is 5. The Balaban J connectivity index is 1.58. The molecule has 36 heavy (non-hydrogen) atoms. The second-order valence-electron chi connectivity index (χ2n) is 9.88. The van der Waals surface area contributed by atoms with Gasteiger partial charge in [-0.25, -0.2) is 30.3 Å². The molecule has 196 valence electrons. The molecule has 12 heteroatoms. The molecule has 1 heterocycles. The van der Waals surface area contributed by atoms with E-state index in [0.29, 0.717) is 5.02 Å². The zero-order valence-corrected chi connectivity index (χ0v) is 22.3. The average molecular weight is 581 g/mol. The lowest BCUT2D eigenvalue weighted by Crippen LogP contribution is -2.53. The van der Waals surface area contributed by atoms with E-state index in [1.54, 1.807) is 0 Å². The van der Waals surface area contributed by atoms with Crippen LogP contribution >= 0.6 is 23.2 Å². The molecule has 0 spiro atoms. The van der Waals surface area contributed by atoms with Crippen LogP contribution in [0.2, 0.25) is 10.0 Å². The lowest BCUT2D eigenvalue weighted by molar-refractivity contribution is 0.103. The van der Waals surface area contributed by atoms with Gasteiger partial charge in [0.1, 0.15) is 4.75 Å². The molecule has 3 aliphatic rings. The number of nitrogens with one attached hydrogen (secondary N) is 1. The largest absolute Gasteiger partial charge is 0.490 e. The Morgan fingerprint density at radius 2 is 1.75 bits per heavy atom. The van der Waals surface area contributed by atoms with E-state index in [9.17, 15) is 21.2 Å². The van der Waals surface area contributed by atoms with Gasteiger partial charge in [-0.1, -0.05) is 29.6 Å². The minimum atomic E-state index is -4.32. The first-order valence-corrected chi connectivity index (χ1v) is 15.6. The summed E-state index contributed by atoms with van der Waals surface area (Å²) >= 11 is 11.9. The third-order valence-corrected chi connectivity index (χ3v) is 12.4. The van der Waals surface area contributed by atoms with Crippen molar-refractivity contribution < 1.29 is 30.4 Å². The zero-order chi connectivity index (χ0) is 25.9. The molecule has 2 aliphatic carbocycles. The van der Waals surface area contributed by atoms with Gasteiger partial charge in [-0.15, -0.1) is 0 Å². The fraction of sp³-hybridized carbons (Fsp3) is 0.500. The van der Waals surface area contributed by atoms with Crippen LogP contribution in [0, 0.1) is 23.5 Å². The highest BCUT2D eigenvalue weighted by Crippen LogP contribution is 2.58. The van der Waals surface area contributed by atoms with Gasteiger partial charge in [0.25, 0.3) is 0 Å². The number of ether oxygens (including phenoxy) is 1. The normalized spacial score (nSPS) is 26.4. The maximum atomic E-state index is 15.6. The molecule has 6 nitrogen and oxygen atoms in total. The Labute approximate surface area is 219 Å². The Morgan fingerprint density at radius 1 is 1.06 bits per heavy atom. The highest BCUT2D eigenvalue weighted by molar-refractivity contribution is 7.92. The molecule has 5 rings (SSSR count). The summed E-state index contributed by atoms with van der Waals surface area (Å²) in [4.78, 5) is -0.0951. The number of sulfonamides is 1. The smallest absolute Gasteiger partial charge is 0.212 e. The number of sulfone groups is 1. The molecule has 2 aromatic rings. The van der Waals surface area contributed by atoms with E-state index >= 15 is 4.39 Å². The minimum Gasteiger partial charge on any atom is -0.490 e. The summed E-state index contributed by atoms with van der Waals surface area (Å²) in [5, 5.41) is -0.223. The van der Waals surface area contributed by atoms with E-state index in [-0.39, 0.29) is 48.5 Å². The van der Waals surface area contributed by atoms with Crippen LogP contribution in [-0.2, 0) is 24.6 Å². The standard InChI is InChI=1S/C24H25Cl2F2NO5S2/c25-16-4-6-18(7-5-16)36(32,33)24-9-8-14(13-35(30,31)29-17-2-1-3-17)10-15(24)12-34-23-20(27)11-19(26)22(28)21(23)24/h4-7,11,14-15,17,29H,1-3,8-10,12-13H2/t14-,15-,24+/m1/s1. The van der Waals surface area contributed by atoms with Gasteiger partial charge >= 0.3 is 0 Å². The van der Waals surface area contributed by atoms with Crippen molar-refractivity contribution in [3.63, 3.8) is 0 Å². The summed E-state index contributed by atoms with van der Waals surface area (Å²) in [5.41, 5.74) is -0.424. The summed E-state index contributed by atoms with van der Waals surface area (Å²) in [6.07, 6.45) is 2.79. The summed E-state index contributed by atoms with van der Waals surface area (Å²) in [6.45, 7) is -0.204. The van der Waals surface area contributed by atoms with Crippen LogP contribution in [0.15, 0.2) is 35.2 Å². The van der Waals surface area contributed by atoms with Crippen molar-refractivity contribution >= 4 is 43.1 Å². The molecule has 0 aromatic heterocycles. The van der Waals surface area contributed by atoms with Crippen LogP contribution in [0.25, 0.3) is 0 Å². The zero-order valence-electron chi connectivity index (χ0n) is 19.1. The third-order valence-electron chi connectivity index (χ3n) is 7.69. The van der Waals surface area contributed by atoms with Gasteiger partial charge in [0.05, 0.1) is 27.8 Å². The lowest BCUT2D eigenvalue weighted by Gasteiger charge is -2.49. The van der Waals surface area contributed by atoms with Crippen LogP contribution in [0.5, 0.6) is 5.75 Å². The number of hydrogen-bond donors (Lipinski definition) is 1. The van der Waals surface area contributed by atoms with Gasteiger partial charge in [0.2, 0.25) is 10.0 Å². The van der Waals surface area contributed by atoms with Crippen molar-refractivity contribution in [1.29, 1.82) is 0 Å². The highest BCUT2D eigenvalue weighted by atomic mass is 35.5. The van der Waals surface area contributed by atoms with Crippen molar-refractivity contribution in [2.75, 3.05) is 12.4 Å². The molecule has 2 saturated carbocycles. The highest BCUT2D eigenvalue weighted by Gasteiger charge is 2.60. The molecule has 0 amide bonds. The number of rotatable bonds is 6. The van der Waals surface area contributed by atoms with Crippen LogP contribution in [0.1, 0.15) is 44.1 Å². The molecule has 0 unspecified atom stereocenters. The molecule has 3 atom stereocenters. The Kier molecular flexibility index (Phi) is 6.81. The van der Waals surface area contributed by atoms with E-state index in [2.05, 4.69) is 4.72 Å². The molecule has 1 N–H and O–H groups in total. The molecule has 0 saturated heterocycles. The first-order chi connectivity index (χ1) is 16.9. The molecule has 1 aliphatic heterocycles. The predicted octanol–water partition coefficient (Wildman–Crippen LogP) is 5.22. The van der Waals surface area contributed by atoms with E-state index < -0.39 is 58.5 Å². The fourth-order valence-electron chi connectivity index (χ4n) is 5.75. The van der Waals surface area contributed by atoms with E-state index in [1.807, 2.05) is 0 Å². The average Bonchev–Trinajstić information content (AvgIpc) is 2.79. The van der Waals surface area contributed by atoms with Crippen molar-refractivity contribution in [2.24, 2.45) is 11.8 Å². The Morgan fingerprint density at radius 3 is 2.39 bits per heavy atom. The maximum absolute atomic E-state index is 15.6. The number of benzene rings is 2. The number of halogens is 4. The van der Waals surface area contributed by atoms with Crippen LogP contribution in [0.4, 0.5) is 8.78 Å². The fourth-order valence-corrected chi connectivity index (χ4v) is 10.2. The first-order valence-electron chi connectivity index (χ1n) is 11.8. The Bertz CT molecular complexity index is 1400. The lowest BCUT2D eigenvalue weighted by atomic mass is 9.69. The first kappa shape index (κ1) is 26.2. The maximum Gasteiger partial charge on any atom is 0.212 e. The van der Waals surface area contributed by atoms with Crippen molar-refractivity contribution in [3.8, 4) is 5.75 Å². The van der Waals surface area contributed by atoms with E-state index in [1.165, 1.54) is 24.3 Å². The summed E-state index contributed by atoms with van der Waals surface area (Å²) in [7, 11) is -7.90. The molecule has 2 fully saturated rings. The van der Waals surface area contributed by atoms with Crippen LogP contribution in [-0.4, -0.2) is 35.2 Å². The van der Waals surface area contributed by atoms with Gasteiger partial charge in [-0.2, -0.15) is 0 Å². The minimum absolute atomic E-state index is 0.0629. The van der Waals surface area contributed by atoms with Crippen molar-refractivity contribution in [2.45, 2.75) is 54.2 Å². The van der Waals surface area contributed by atoms with Gasteiger partial charge in [0, 0.05) is 17.0 Å². The SMILES string of the molecule is O=S(=O)(C[C@@H]1CC[C@@]2(S(=O)(=O)c3ccc(Cl)cc3)c3c(F)c(Cl)cc(F)c3OC[C@H]2C1)NC1CCC1. The molecule has 0 radical (unpaired) electrons. The van der Waals surface area contributed by atoms with Gasteiger partial charge in [-0.05, 0) is 68.4 Å². The van der Waals surface area contributed by atoms with E-state index in [0.717, 1.165) is 25.3 Å². The molecular weight excluding hydrogens is 555 g/mol. The molecule has 0 bridgehead atoms. The van der Waals surface area contributed by atoms with Crippen LogP contribution < -0.4 is 9.46 Å². The quantitative estimate of drug-likeness (QED) is 0.474. The second kappa shape index (κ2) is 9.38. The second-order valence-corrected chi connectivity index (χ2v) is 14.7. The summed E-state index contributed by atoms with van der Waals surface area (Å²) in [5.74, 6) is -3.84. The summed E-state index contributed by atoms with van der Waals surface area (Å²) < 4.78 is 90.7. The Hall–Kier alpha value is -1.46. The molecular formula is C24H25Cl2F2NO5S2. The van der Waals surface area contributed by atoms with Crippen molar-refractivity contribution in [1.82, 2.24) is 4.72 Å². The number of fused-ring (bicyclic) bond motifs is 3. The van der Waals surface area contributed by atoms with Gasteiger partial charge in [0.15, 0.2) is 27.2 Å². The summed E-state index contributed by atoms with van der Waals surface area (Å²) in [6, 6.07) is 6.20. The topological polar surface area (TPSA) is 89.5 Å². The van der Waals surface area contributed by atoms with Crippen LogP contribution in [0.3, 0.4) is 0 Å². The van der Waals surface area contributed by atoms with Gasteiger partial charge in [-0.3, -0.25) is 0 Å². The van der Waals surface area contributed by atoms with Gasteiger partial charge < -0.3 is 4.74 Å². The molecule has 2 aromatic carbocycles. The predicted molar refractivity (Wildman–Crippen MR) is 133 cm³/mol. The van der Waals surface area contributed by atoms with E-state index in [4.69, 9.17) is 27.9 Å². The monoisotopic (exact) mass is 579 g/mol.